The maximum atomic E-state index is 5.87. The second kappa shape index (κ2) is 4.29. The third kappa shape index (κ3) is 2.21. The van der Waals surface area contributed by atoms with Gasteiger partial charge in [-0.05, 0) is 36.9 Å². The molecule has 1 aliphatic rings. The van der Waals surface area contributed by atoms with Gasteiger partial charge in [-0.1, -0.05) is 0 Å². The van der Waals surface area contributed by atoms with Crippen molar-refractivity contribution in [3.63, 3.8) is 0 Å². The number of halogens is 1. The summed E-state index contributed by atoms with van der Waals surface area (Å²) in [6, 6.07) is 2.26. The van der Waals surface area contributed by atoms with Gasteiger partial charge in [-0.2, -0.15) is 20.1 Å². The number of hydrogen-bond acceptors (Lipinski definition) is 5. The second-order valence-corrected chi connectivity index (χ2v) is 4.29. The van der Waals surface area contributed by atoms with Crippen LogP contribution in [0.2, 0.25) is 5.28 Å². The molecule has 0 unspecified atom stereocenters. The lowest BCUT2D eigenvalue weighted by molar-refractivity contribution is 0.443. The molecular formula is C10H11ClN6. The van der Waals surface area contributed by atoms with Gasteiger partial charge in [0.05, 0.1) is 0 Å². The van der Waals surface area contributed by atoms with Crippen LogP contribution in [0.3, 0.4) is 0 Å². The summed E-state index contributed by atoms with van der Waals surface area (Å²) in [7, 11) is 0. The number of nitrogens with zero attached hydrogens (tertiary/aromatic N) is 5. The molecule has 0 aliphatic heterocycles. The first-order valence-electron chi connectivity index (χ1n) is 5.49. The summed E-state index contributed by atoms with van der Waals surface area (Å²) in [5.74, 6) is 0.942. The van der Waals surface area contributed by atoms with E-state index in [4.69, 9.17) is 11.6 Å². The first kappa shape index (κ1) is 10.5. The lowest BCUT2D eigenvalue weighted by Crippen LogP contribution is -2.28. The molecule has 17 heavy (non-hydrogen) atoms. The van der Waals surface area contributed by atoms with Crippen molar-refractivity contribution in [1.82, 2.24) is 24.7 Å². The minimum atomic E-state index is 0.173. The Kier molecular flexibility index (Phi) is 2.64. The lowest BCUT2D eigenvalue weighted by Gasteiger charge is -2.26. The molecule has 0 radical (unpaired) electrons. The first-order chi connectivity index (χ1) is 8.31. The van der Waals surface area contributed by atoms with Crippen LogP contribution in [-0.4, -0.2) is 30.8 Å². The Balaban J connectivity index is 1.89. The summed E-state index contributed by atoms with van der Waals surface area (Å²) >= 11 is 5.87. The van der Waals surface area contributed by atoms with Gasteiger partial charge < -0.3 is 5.32 Å². The smallest absolute Gasteiger partial charge is 0.256 e. The minimum Gasteiger partial charge on any atom is -0.351 e. The van der Waals surface area contributed by atoms with Gasteiger partial charge in [0, 0.05) is 18.4 Å². The highest BCUT2D eigenvalue weighted by molar-refractivity contribution is 6.28. The summed E-state index contributed by atoms with van der Waals surface area (Å²) < 4.78 is 1.56. The average Bonchev–Trinajstić information content (AvgIpc) is 2.76. The summed E-state index contributed by atoms with van der Waals surface area (Å²) in [5, 5.41) is 7.47. The standard InChI is InChI=1S/C10H11ClN6/c11-8-14-9(13-7-3-1-4-7)16-10(15-8)17-6-2-5-12-17/h2,5-7H,1,3-4H2,(H,13,14,15,16). The zero-order valence-corrected chi connectivity index (χ0v) is 9.80. The van der Waals surface area contributed by atoms with Crippen molar-refractivity contribution >= 4 is 17.5 Å². The van der Waals surface area contributed by atoms with Crippen LogP contribution in [-0.2, 0) is 0 Å². The van der Waals surface area contributed by atoms with E-state index >= 15 is 0 Å². The van der Waals surface area contributed by atoms with Crippen molar-refractivity contribution in [1.29, 1.82) is 0 Å². The highest BCUT2D eigenvalue weighted by atomic mass is 35.5. The largest absolute Gasteiger partial charge is 0.351 e. The van der Waals surface area contributed by atoms with Gasteiger partial charge in [0.2, 0.25) is 11.2 Å². The molecule has 0 amide bonds. The molecule has 0 spiro atoms. The van der Waals surface area contributed by atoms with Crippen molar-refractivity contribution in [2.45, 2.75) is 25.3 Å². The molecule has 0 bridgehead atoms. The van der Waals surface area contributed by atoms with Crippen LogP contribution in [0.15, 0.2) is 18.5 Å². The third-order valence-electron chi connectivity index (χ3n) is 2.74. The molecule has 1 fully saturated rings. The van der Waals surface area contributed by atoms with E-state index in [0.29, 0.717) is 17.9 Å². The molecule has 2 aromatic heterocycles. The van der Waals surface area contributed by atoms with Crippen LogP contribution in [0.4, 0.5) is 5.95 Å². The van der Waals surface area contributed by atoms with Gasteiger partial charge in [-0.3, -0.25) is 0 Å². The van der Waals surface area contributed by atoms with Gasteiger partial charge in [-0.15, -0.1) is 0 Å². The molecule has 88 valence electrons. The van der Waals surface area contributed by atoms with E-state index in [1.54, 1.807) is 23.1 Å². The molecule has 1 N–H and O–H groups in total. The maximum Gasteiger partial charge on any atom is 0.256 e. The summed E-state index contributed by atoms with van der Waals surface area (Å²) in [5.41, 5.74) is 0. The minimum absolute atomic E-state index is 0.173. The first-order valence-corrected chi connectivity index (χ1v) is 5.87. The Morgan fingerprint density at radius 1 is 1.29 bits per heavy atom. The number of anilines is 1. The van der Waals surface area contributed by atoms with Gasteiger partial charge in [0.15, 0.2) is 0 Å². The fourth-order valence-electron chi connectivity index (χ4n) is 1.63. The Bertz CT molecular complexity index is 508. The Morgan fingerprint density at radius 2 is 2.18 bits per heavy atom. The monoisotopic (exact) mass is 250 g/mol. The molecule has 1 saturated carbocycles. The molecule has 7 heteroatoms. The fourth-order valence-corrected chi connectivity index (χ4v) is 1.78. The molecule has 1 aliphatic carbocycles. The number of aromatic nitrogens is 5. The molecule has 0 aromatic carbocycles. The highest BCUT2D eigenvalue weighted by Crippen LogP contribution is 2.22. The average molecular weight is 251 g/mol. The summed E-state index contributed by atoms with van der Waals surface area (Å²) in [6.45, 7) is 0. The molecule has 0 saturated heterocycles. The van der Waals surface area contributed by atoms with Crippen molar-refractivity contribution in [2.75, 3.05) is 5.32 Å². The predicted molar refractivity (Wildman–Crippen MR) is 63.2 cm³/mol. The van der Waals surface area contributed by atoms with Gasteiger partial charge >= 0.3 is 0 Å². The molecule has 6 nitrogen and oxygen atoms in total. The maximum absolute atomic E-state index is 5.87. The number of rotatable bonds is 3. The van der Waals surface area contributed by atoms with Gasteiger partial charge in [-0.25, -0.2) is 4.68 Å². The van der Waals surface area contributed by atoms with Crippen LogP contribution in [0.25, 0.3) is 5.95 Å². The topological polar surface area (TPSA) is 68.5 Å². The number of nitrogens with one attached hydrogen (secondary N) is 1. The zero-order valence-electron chi connectivity index (χ0n) is 9.04. The van der Waals surface area contributed by atoms with Crippen molar-refractivity contribution < 1.29 is 0 Å². The molecule has 2 heterocycles. The van der Waals surface area contributed by atoms with E-state index in [1.165, 1.54) is 6.42 Å². The van der Waals surface area contributed by atoms with Crippen molar-refractivity contribution in [3.8, 4) is 5.95 Å². The van der Waals surface area contributed by atoms with E-state index in [-0.39, 0.29) is 5.28 Å². The molecule has 3 rings (SSSR count). The SMILES string of the molecule is Clc1nc(NC2CCC2)nc(-n2cccn2)n1. The van der Waals surface area contributed by atoms with Crippen LogP contribution in [0.5, 0.6) is 0 Å². The highest BCUT2D eigenvalue weighted by Gasteiger charge is 2.18. The fraction of sp³-hybridized carbons (Fsp3) is 0.400. The van der Waals surface area contributed by atoms with Crippen LogP contribution in [0, 0.1) is 0 Å². The Labute approximate surface area is 103 Å². The molecule has 2 aromatic rings. The number of hydrogen-bond donors (Lipinski definition) is 1. The zero-order chi connectivity index (χ0) is 11.7. The van der Waals surface area contributed by atoms with Crippen LogP contribution >= 0.6 is 11.6 Å². The van der Waals surface area contributed by atoms with Crippen LogP contribution < -0.4 is 5.32 Å². The van der Waals surface area contributed by atoms with Gasteiger partial charge in [0.25, 0.3) is 5.95 Å². The molecular weight excluding hydrogens is 240 g/mol. The second-order valence-electron chi connectivity index (χ2n) is 3.95. The molecule has 0 atom stereocenters. The normalized spacial score (nSPS) is 15.6. The van der Waals surface area contributed by atoms with Crippen molar-refractivity contribution in [2.24, 2.45) is 0 Å². The van der Waals surface area contributed by atoms with Crippen LogP contribution in [0.1, 0.15) is 19.3 Å². The van der Waals surface area contributed by atoms with E-state index in [2.05, 4.69) is 25.4 Å². The Hall–Kier alpha value is -1.69. The Morgan fingerprint density at radius 3 is 2.82 bits per heavy atom. The summed E-state index contributed by atoms with van der Waals surface area (Å²) in [4.78, 5) is 12.4. The summed E-state index contributed by atoms with van der Waals surface area (Å²) in [6.07, 6.45) is 6.98. The van der Waals surface area contributed by atoms with E-state index in [1.807, 2.05) is 0 Å². The third-order valence-corrected chi connectivity index (χ3v) is 2.91. The van der Waals surface area contributed by atoms with E-state index < -0.39 is 0 Å². The lowest BCUT2D eigenvalue weighted by atomic mass is 9.93. The van der Waals surface area contributed by atoms with E-state index in [9.17, 15) is 0 Å². The quantitative estimate of drug-likeness (QED) is 0.898. The predicted octanol–water partition coefficient (Wildman–Crippen LogP) is 1.68. The van der Waals surface area contributed by atoms with E-state index in [0.717, 1.165) is 12.8 Å². The van der Waals surface area contributed by atoms with Crippen molar-refractivity contribution in [3.05, 3.63) is 23.7 Å². The van der Waals surface area contributed by atoms with Gasteiger partial charge in [0.1, 0.15) is 0 Å².